The van der Waals surface area contributed by atoms with Crippen LogP contribution in [0, 0.1) is 0 Å². The van der Waals surface area contributed by atoms with Gasteiger partial charge >= 0.3 is 0 Å². The third-order valence-corrected chi connectivity index (χ3v) is 2.24. The van der Waals surface area contributed by atoms with Gasteiger partial charge in [0.15, 0.2) is 5.82 Å². The molecule has 2 aromatic heterocycles. The van der Waals surface area contributed by atoms with Gasteiger partial charge in [0.2, 0.25) is 0 Å². The molecule has 0 saturated heterocycles. The van der Waals surface area contributed by atoms with E-state index in [0.717, 1.165) is 5.82 Å². The normalized spacial score (nSPS) is 10.0. The molecule has 0 saturated carbocycles. The van der Waals surface area contributed by atoms with E-state index in [1.54, 1.807) is 43.2 Å². The summed E-state index contributed by atoms with van der Waals surface area (Å²) in [4.78, 5) is 15.9. The molecule has 0 aliphatic heterocycles. The van der Waals surface area contributed by atoms with E-state index >= 15 is 0 Å². The number of nitrogens with one attached hydrogen (secondary N) is 2. The van der Waals surface area contributed by atoms with Crippen molar-refractivity contribution in [3.63, 3.8) is 0 Å². The minimum Gasteiger partial charge on any atom is -0.373 e. The molecule has 88 valence electrons. The second-order valence-electron chi connectivity index (χ2n) is 3.51. The second-order valence-corrected chi connectivity index (χ2v) is 3.51. The summed E-state index contributed by atoms with van der Waals surface area (Å²) in [6.07, 6.45) is 3.28. The molecule has 0 bridgehead atoms. The Hall–Kier alpha value is -2.37. The number of amides is 1. The second kappa shape index (κ2) is 4.65. The molecule has 0 aliphatic rings. The van der Waals surface area contributed by atoms with Crippen LogP contribution in [0.15, 0.2) is 30.6 Å². The number of hydrogen-bond acceptors (Lipinski definition) is 4. The van der Waals surface area contributed by atoms with Gasteiger partial charge in [0, 0.05) is 32.6 Å². The standard InChI is InChI=1S/C11H13N5O/c1-12-9-4-3-8(7-13-9)11(17)14-10-5-6-16(2)15-10/h3-7H,1-2H3,(H,12,13)(H,14,15,17). The van der Waals surface area contributed by atoms with Crippen molar-refractivity contribution in [1.29, 1.82) is 0 Å². The summed E-state index contributed by atoms with van der Waals surface area (Å²) < 4.78 is 1.62. The zero-order valence-electron chi connectivity index (χ0n) is 9.64. The van der Waals surface area contributed by atoms with Crippen molar-refractivity contribution in [3.8, 4) is 0 Å². The van der Waals surface area contributed by atoms with Crippen LogP contribution < -0.4 is 10.6 Å². The molecule has 2 heterocycles. The summed E-state index contributed by atoms with van der Waals surface area (Å²) in [5.41, 5.74) is 0.495. The van der Waals surface area contributed by atoms with Crippen LogP contribution in [0.4, 0.5) is 11.6 Å². The summed E-state index contributed by atoms with van der Waals surface area (Å²) in [6, 6.07) is 5.18. The third kappa shape index (κ3) is 2.60. The lowest BCUT2D eigenvalue weighted by Gasteiger charge is -2.03. The first-order chi connectivity index (χ1) is 8.19. The van der Waals surface area contributed by atoms with Gasteiger partial charge in [0.25, 0.3) is 5.91 Å². The number of carbonyl (C=O) groups excluding carboxylic acids is 1. The van der Waals surface area contributed by atoms with Gasteiger partial charge in [0.05, 0.1) is 5.56 Å². The molecule has 1 amide bonds. The SMILES string of the molecule is CNc1ccc(C(=O)Nc2ccn(C)n2)cn1. The minimum atomic E-state index is -0.223. The van der Waals surface area contributed by atoms with Crippen LogP contribution in [-0.4, -0.2) is 27.7 Å². The average Bonchev–Trinajstić information content (AvgIpc) is 2.75. The lowest BCUT2D eigenvalue weighted by Crippen LogP contribution is -2.13. The molecule has 0 radical (unpaired) electrons. The number of aryl methyl sites for hydroxylation is 1. The smallest absolute Gasteiger partial charge is 0.258 e. The van der Waals surface area contributed by atoms with Gasteiger partial charge < -0.3 is 10.6 Å². The number of hydrogen-bond donors (Lipinski definition) is 2. The fraction of sp³-hybridized carbons (Fsp3) is 0.182. The molecule has 0 aliphatic carbocycles. The Bertz CT molecular complexity index is 517. The molecule has 0 aromatic carbocycles. The fourth-order valence-electron chi connectivity index (χ4n) is 1.35. The quantitative estimate of drug-likeness (QED) is 0.830. The number of carbonyl (C=O) groups is 1. The zero-order chi connectivity index (χ0) is 12.3. The predicted octanol–water partition coefficient (Wildman–Crippen LogP) is 1.11. The first-order valence-electron chi connectivity index (χ1n) is 5.14. The Balaban J connectivity index is 2.09. The number of rotatable bonds is 3. The Morgan fingerprint density at radius 3 is 2.65 bits per heavy atom. The molecule has 17 heavy (non-hydrogen) atoms. The van der Waals surface area contributed by atoms with Crippen molar-refractivity contribution in [2.45, 2.75) is 0 Å². The number of anilines is 2. The van der Waals surface area contributed by atoms with E-state index in [1.807, 2.05) is 0 Å². The van der Waals surface area contributed by atoms with E-state index in [0.29, 0.717) is 11.4 Å². The predicted molar refractivity (Wildman–Crippen MR) is 64.9 cm³/mol. The van der Waals surface area contributed by atoms with E-state index in [1.165, 1.54) is 6.20 Å². The first-order valence-corrected chi connectivity index (χ1v) is 5.14. The molecule has 2 rings (SSSR count). The summed E-state index contributed by atoms with van der Waals surface area (Å²) in [5.74, 6) is 1.02. The van der Waals surface area contributed by atoms with Crippen molar-refractivity contribution in [2.24, 2.45) is 7.05 Å². The van der Waals surface area contributed by atoms with Crippen molar-refractivity contribution >= 4 is 17.5 Å². The Labute approximate surface area is 98.7 Å². The Kier molecular flexibility index (Phi) is 3.04. The molecular weight excluding hydrogens is 218 g/mol. The highest BCUT2D eigenvalue weighted by molar-refractivity contribution is 6.03. The van der Waals surface area contributed by atoms with Crippen molar-refractivity contribution in [1.82, 2.24) is 14.8 Å². The van der Waals surface area contributed by atoms with Gasteiger partial charge in [-0.3, -0.25) is 9.48 Å². The van der Waals surface area contributed by atoms with E-state index in [-0.39, 0.29) is 5.91 Å². The monoisotopic (exact) mass is 231 g/mol. The summed E-state index contributed by atoms with van der Waals surface area (Å²) in [5, 5.41) is 9.63. The number of aromatic nitrogens is 3. The Morgan fingerprint density at radius 2 is 2.12 bits per heavy atom. The maximum absolute atomic E-state index is 11.8. The van der Waals surface area contributed by atoms with E-state index in [4.69, 9.17) is 0 Å². The molecule has 0 fully saturated rings. The van der Waals surface area contributed by atoms with Crippen LogP contribution in [0.2, 0.25) is 0 Å². The van der Waals surface area contributed by atoms with Gasteiger partial charge in [-0.2, -0.15) is 5.10 Å². The molecule has 0 spiro atoms. The first kappa shape index (κ1) is 11.1. The van der Waals surface area contributed by atoms with Crippen LogP contribution in [0.3, 0.4) is 0 Å². The zero-order valence-corrected chi connectivity index (χ0v) is 9.64. The van der Waals surface area contributed by atoms with Gasteiger partial charge in [0.1, 0.15) is 5.82 Å². The highest BCUT2D eigenvalue weighted by Crippen LogP contribution is 2.07. The average molecular weight is 231 g/mol. The van der Waals surface area contributed by atoms with Gasteiger partial charge in [-0.1, -0.05) is 0 Å². The molecule has 6 nitrogen and oxygen atoms in total. The number of nitrogens with zero attached hydrogens (tertiary/aromatic N) is 3. The van der Waals surface area contributed by atoms with Crippen LogP contribution in [0.5, 0.6) is 0 Å². The van der Waals surface area contributed by atoms with Gasteiger partial charge in [-0.15, -0.1) is 0 Å². The van der Waals surface area contributed by atoms with Gasteiger partial charge in [-0.25, -0.2) is 4.98 Å². The van der Waals surface area contributed by atoms with Gasteiger partial charge in [-0.05, 0) is 12.1 Å². The highest BCUT2D eigenvalue weighted by atomic mass is 16.1. The molecule has 0 unspecified atom stereocenters. The van der Waals surface area contributed by atoms with E-state index < -0.39 is 0 Å². The van der Waals surface area contributed by atoms with E-state index in [2.05, 4.69) is 20.7 Å². The summed E-state index contributed by atoms with van der Waals surface area (Å²) >= 11 is 0. The summed E-state index contributed by atoms with van der Waals surface area (Å²) in [6.45, 7) is 0. The third-order valence-electron chi connectivity index (χ3n) is 2.24. The fourth-order valence-corrected chi connectivity index (χ4v) is 1.35. The van der Waals surface area contributed by atoms with Crippen LogP contribution in [-0.2, 0) is 7.05 Å². The Morgan fingerprint density at radius 1 is 1.29 bits per heavy atom. The van der Waals surface area contributed by atoms with Crippen LogP contribution >= 0.6 is 0 Å². The van der Waals surface area contributed by atoms with Crippen molar-refractivity contribution in [2.75, 3.05) is 17.7 Å². The molecular formula is C11H13N5O. The summed E-state index contributed by atoms with van der Waals surface area (Å²) in [7, 11) is 3.56. The lowest BCUT2D eigenvalue weighted by atomic mass is 10.2. The van der Waals surface area contributed by atoms with Crippen LogP contribution in [0.1, 0.15) is 10.4 Å². The lowest BCUT2D eigenvalue weighted by molar-refractivity contribution is 0.102. The van der Waals surface area contributed by atoms with Crippen molar-refractivity contribution in [3.05, 3.63) is 36.2 Å². The molecule has 2 aromatic rings. The highest BCUT2D eigenvalue weighted by Gasteiger charge is 2.07. The van der Waals surface area contributed by atoms with Crippen LogP contribution in [0.25, 0.3) is 0 Å². The topological polar surface area (TPSA) is 71.8 Å². The molecule has 0 atom stereocenters. The molecule has 2 N–H and O–H groups in total. The molecule has 6 heteroatoms. The minimum absolute atomic E-state index is 0.223. The largest absolute Gasteiger partial charge is 0.373 e. The maximum Gasteiger partial charge on any atom is 0.258 e. The van der Waals surface area contributed by atoms with Crippen molar-refractivity contribution < 1.29 is 4.79 Å². The maximum atomic E-state index is 11.8. The number of pyridine rings is 1. The van der Waals surface area contributed by atoms with E-state index in [9.17, 15) is 4.79 Å².